The number of nitrogens with one attached hydrogen (secondary N) is 1. The Labute approximate surface area is 184 Å². The summed E-state index contributed by atoms with van der Waals surface area (Å²) in [5, 5.41) is 7.37. The molecule has 1 aromatic carbocycles. The molecule has 0 saturated heterocycles. The van der Waals surface area contributed by atoms with Gasteiger partial charge in [0.2, 0.25) is 6.41 Å². The highest BCUT2D eigenvalue weighted by atomic mass is 32.1. The average molecular weight is 433 g/mol. The van der Waals surface area contributed by atoms with Crippen LogP contribution in [0.25, 0.3) is 11.3 Å². The second-order valence-corrected chi connectivity index (χ2v) is 7.76. The molecule has 156 valence electrons. The fraction of sp³-hybridized carbons (Fsp3) is 0.125. The quantitative estimate of drug-likeness (QED) is 0.371. The maximum Gasteiger partial charge on any atom is 0.214 e. The van der Waals surface area contributed by atoms with E-state index >= 15 is 0 Å². The molecule has 0 saturated carbocycles. The number of benzene rings is 1. The summed E-state index contributed by atoms with van der Waals surface area (Å²) in [4.78, 5) is 22.4. The molecular formula is C24H21FN4OS. The number of aromatic nitrogens is 2. The van der Waals surface area contributed by atoms with Gasteiger partial charge >= 0.3 is 0 Å². The van der Waals surface area contributed by atoms with Crippen LogP contribution in [0.4, 0.5) is 15.9 Å². The molecule has 0 aliphatic carbocycles. The van der Waals surface area contributed by atoms with Crippen molar-refractivity contribution in [2.45, 2.75) is 13.0 Å². The number of hydrogen-bond donors (Lipinski definition) is 1. The standard InChI is InChI=1S/C24H21FN4OS/c25-21-5-1-3-18(13-21)8-11-27-24-23(7-6-22(28-24)20-9-12-31-16-20)29(17-30)15-19-4-2-10-26-14-19/h1-7,9-10,12-14,16-17H,8,11,15H2,(H,27,28). The lowest BCUT2D eigenvalue weighted by molar-refractivity contribution is -0.107. The van der Waals surface area contributed by atoms with Gasteiger partial charge in [-0.15, -0.1) is 0 Å². The van der Waals surface area contributed by atoms with Crippen molar-refractivity contribution in [2.75, 3.05) is 16.8 Å². The Kier molecular flexibility index (Phi) is 6.64. The number of carbonyl (C=O) groups excluding carboxylic acids is 1. The summed E-state index contributed by atoms with van der Waals surface area (Å²) in [6.45, 7) is 0.936. The Morgan fingerprint density at radius 3 is 2.74 bits per heavy atom. The fourth-order valence-corrected chi connectivity index (χ4v) is 3.92. The predicted molar refractivity (Wildman–Crippen MR) is 123 cm³/mol. The van der Waals surface area contributed by atoms with Gasteiger partial charge in [-0.1, -0.05) is 18.2 Å². The first-order valence-electron chi connectivity index (χ1n) is 9.86. The highest BCUT2D eigenvalue weighted by Crippen LogP contribution is 2.29. The van der Waals surface area contributed by atoms with Crippen molar-refractivity contribution in [2.24, 2.45) is 0 Å². The monoisotopic (exact) mass is 432 g/mol. The summed E-state index contributed by atoms with van der Waals surface area (Å²) in [6.07, 6.45) is 4.86. The summed E-state index contributed by atoms with van der Waals surface area (Å²) in [6, 6.07) is 16.1. The van der Waals surface area contributed by atoms with Gasteiger partial charge in [-0.2, -0.15) is 11.3 Å². The van der Waals surface area contributed by atoms with Crippen LogP contribution in [-0.4, -0.2) is 22.9 Å². The van der Waals surface area contributed by atoms with Crippen LogP contribution in [0.1, 0.15) is 11.1 Å². The van der Waals surface area contributed by atoms with Gasteiger partial charge in [0.1, 0.15) is 5.82 Å². The Morgan fingerprint density at radius 1 is 1.10 bits per heavy atom. The highest BCUT2D eigenvalue weighted by Gasteiger charge is 2.15. The van der Waals surface area contributed by atoms with Crippen LogP contribution in [0.15, 0.2) is 77.8 Å². The van der Waals surface area contributed by atoms with E-state index in [1.165, 1.54) is 12.1 Å². The zero-order chi connectivity index (χ0) is 21.5. The number of pyridine rings is 2. The van der Waals surface area contributed by atoms with Crippen molar-refractivity contribution < 1.29 is 9.18 Å². The van der Waals surface area contributed by atoms with E-state index in [1.807, 2.05) is 47.2 Å². The van der Waals surface area contributed by atoms with E-state index < -0.39 is 0 Å². The Morgan fingerprint density at radius 2 is 2.00 bits per heavy atom. The Hall–Kier alpha value is -3.58. The zero-order valence-electron chi connectivity index (χ0n) is 16.7. The molecule has 0 bridgehead atoms. The molecule has 4 aromatic rings. The van der Waals surface area contributed by atoms with Crippen LogP contribution in [0.3, 0.4) is 0 Å². The molecule has 0 aliphatic rings. The first-order valence-corrected chi connectivity index (χ1v) is 10.8. The molecule has 3 aromatic heterocycles. The first kappa shape index (κ1) is 20.7. The predicted octanol–water partition coefficient (Wildman–Crippen LogP) is 5.16. The van der Waals surface area contributed by atoms with Gasteiger partial charge in [-0.05, 0) is 59.3 Å². The van der Waals surface area contributed by atoms with Crippen molar-refractivity contribution in [3.63, 3.8) is 0 Å². The van der Waals surface area contributed by atoms with E-state index in [1.54, 1.807) is 34.7 Å². The molecule has 1 N–H and O–H groups in total. The highest BCUT2D eigenvalue weighted by molar-refractivity contribution is 7.08. The summed E-state index contributed by atoms with van der Waals surface area (Å²) in [5.74, 6) is 0.357. The van der Waals surface area contributed by atoms with Gasteiger partial charge in [0.15, 0.2) is 5.82 Å². The number of halogens is 1. The second-order valence-electron chi connectivity index (χ2n) is 6.98. The van der Waals surface area contributed by atoms with Gasteiger partial charge in [0, 0.05) is 29.9 Å². The number of hydrogen-bond acceptors (Lipinski definition) is 5. The summed E-state index contributed by atoms with van der Waals surface area (Å²) in [5.41, 5.74) is 4.34. The molecule has 0 atom stereocenters. The van der Waals surface area contributed by atoms with Gasteiger partial charge in [0.25, 0.3) is 0 Å². The molecule has 5 nitrogen and oxygen atoms in total. The summed E-state index contributed by atoms with van der Waals surface area (Å²) >= 11 is 1.60. The van der Waals surface area contributed by atoms with Crippen LogP contribution in [-0.2, 0) is 17.8 Å². The van der Waals surface area contributed by atoms with E-state index in [9.17, 15) is 9.18 Å². The number of thiophene rings is 1. The Bertz CT molecular complexity index is 1140. The number of carbonyl (C=O) groups is 1. The normalized spacial score (nSPS) is 10.6. The second kappa shape index (κ2) is 9.95. The zero-order valence-corrected chi connectivity index (χ0v) is 17.6. The van der Waals surface area contributed by atoms with Crippen molar-refractivity contribution in [3.05, 3.63) is 94.7 Å². The van der Waals surface area contributed by atoms with Gasteiger partial charge in [-0.3, -0.25) is 9.78 Å². The third-order valence-electron chi connectivity index (χ3n) is 4.80. The van der Waals surface area contributed by atoms with Gasteiger partial charge in [0.05, 0.1) is 17.9 Å². The van der Waals surface area contributed by atoms with E-state index in [0.717, 1.165) is 28.8 Å². The maximum atomic E-state index is 13.5. The summed E-state index contributed by atoms with van der Waals surface area (Å²) in [7, 11) is 0. The SMILES string of the molecule is O=CN(Cc1cccnc1)c1ccc(-c2ccsc2)nc1NCCc1cccc(F)c1. The minimum atomic E-state index is -0.251. The average Bonchev–Trinajstić information content (AvgIpc) is 3.33. The molecule has 7 heteroatoms. The molecule has 0 unspecified atom stereocenters. The largest absolute Gasteiger partial charge is 0.368 e. The van der Waals surface area contributed by atoms with Crippen molar-refractivity contribution in [1.82, 2.24) is 9.97 Å². The third-order valence-corrected chi connectivity index (χ3v) is 5.48. The fourth-order valence-electron chi connectivity index (χ4n) is 3.27. The van der Waals surface area contributed by atoms with Crippen LogP contribution in [0.2, 0.25) is 0 Å². The van der Waals surface area contributed by atoms with Crippen molar-refractivity contribution in [1.29, 1.82) is 0 Å². The molecule has 0 spiro atoms. The maximum absolute atomic E-state index is 13.5. The van der Waals surface area contributed by atoms with E-state index in [2.05, 4.69) is 10.3 Å². The van der Waals surface area contributed by atoms with Gasteiger partial charge in [-0.25, -0.2) is 9.37 Å². The van der Waals surface area contributed by atoms with Crippen molar-refractivity contribution in [3.8, 4) is 11.3 Å². The van der Waals surface area contributed by atoms with E-state index in [-0.39, 0.29) is 5.82 Å². The number of anilines is 2. The lowest BCUT2D eigenvalue weighted by Gasteiger charge is -2.21. The third kappa shape index (κ3) is 5.32. The molecule has 31 heavy (non-hydrogen) atoms. The van der Waals surface area contributed by atoms with E-state index in [0.29, 0.717) is 31.0 Å². The topological polar surface area (TPSA) is 58.1 Å². The summed E-state index contributed by atoms with van der Waals surface area (Å²) < 4.78 is 13.5. The number of nitrogens with zero attached hydrogens (tertiary/aromatic N) is 3. The minimum absolute atomic E-state index is 0.251. The Balaban J connectivity index is 1.59. The van der Waals surface area contributed by atoms with E-state index in [4.69, 9.17) is 4.98 Å². The molecule has 1 amide bonds. The molecule has 3 heterocycles. The minimum Gasteiger partial charge on any atom is -0.368 e. The van der Waals surface area contributed by atoms with Crippen LogP contribution in [0.5, 0.6) is 0 Å². The molecule has 0 fully saturated rings. The van der Waals surface area contributed by atoms with Crippen LogP contribution < -0.4 is 10.2 Å². The van der Waals surface area contributed by atoms with Crippen LogP contribution >= 0.6 is 11.3 Å². The lowest BCUT2D eigenvalue weighted by Crippen LogP contribution is -2.23. The van der Waals surface area contributed by atoms with Gasteiger partial charge < -0.3 is 10.2 Å². The number of amides is 1. The van der Waals surface area contributed by atoms with Crippen LogP contribution in [0, 0.1) is 5.82 Å². The smallest absolute Gasteiger partial charge is 0.214 e. The molecule has 0 aliphatic heterocycles. The molecule has 0 radical (unpaired) electrons. The molecule has 4 rings (SSSR count). The first-order chi connectivity index (χ1) is 15.2. The lowest BCUT2D eigenvalue weighted by atomic mass is 10.1. The number of rotatable bonds is 9. The van der Waals surface area contributed by atoms with Crippen molar-refractivity contribution >= 4 is 29.3 Å². The molecular weight excluding hydrogens is 411 g/mol.